The predicted molar refractivity (Wildman–Crippen MR) is 192 cm³/mol. The van der Waals surface area contributed by atoms with Crippen molar-refractivity contribution in [3.8, 4) is 0 Å². The van der Waals surface area contributed by atoms with Crippen LogP contribution >= 0.6 is 0 Å². The predicted octanol–water partition coefficient (Wildman–Crippen LogP) is 5.17. The zero-order valence-corrected chi connectivity index (χ0v) is 31.4. The van der Waals surface area contributed by atoms with Gasteiger partial charge in [0.05, 0.1) is 47.2 Å². The van der Waals surface area contributed by atoms with Crippen molar-refractivity contribution in [2.24, 2.45) is 0 Å². The van der Waals surface area contributed by atoms with E-state index in [9.17, 15) is 18.3 Å². The second kappa shape index (κ2) is 10.5. The number of sulfonamides is 1. The first-order chi connectivity index (χ1) is 22.6. The standard InChI is InChI=1S/C37H52N4O5SSi/c1-8-12-24(42)23-29(43)39-19-17-36-26-14-9-10-15-27(26)41(47(44,45)21-22-48(5,6)7)33-37(36)18-20-40(34(36)39)31(32-35(2,3)46-32)25-13-11-16-28(30(25)37)38(33)4/h9-11,13-16,24,31-34,42H,8,12,17-23H2,1-7H3/t24-,31+,32-,33+,34-,36+,37+/m1/s1. The van der Waals surface area contributed by atoms with Gasteiger partial charge in [-0.3, -0.25) is 9.69 Å². The summed E-state index contributed by atoms with van der Waals surface area (Å²) >= 11 is 0. The Labute approximate surface area is 287 Å². The van der Waals surface area contributed by atoms with Crippen LogP contribution in [0, 0.1) is 0 Å². The summed E-state index contributed by atoms with van der Waals surface area (Å²) in [4.78, 5) is 21.3. The molecule has 8 atom stereocenters. The number of anilines is 2. The Morgan fingerprint density at radius 2 is 1.71 bits per heavy atom. The lowest BCUT2D eigenvalue weighted by atomic mass is 9.50. The fourth-order valence-electron chi connectivity index (χ4n) is 10.7. The number of aliphatic hydroxyl groups excluding tert-OH is 1. The lowest BCUT2D eigenvalue weighted by Crippen LogP contribution is -2.75. The van der Waals surface area contributed by atoms with Crippen LogP contribution in [-0.2, 0) is 30.4 Å². The highest BCUT2D eigenvalue weighted by Gasteiger charge is 2.79. The lowest BCUT2D eigenvalue weighted by molar-refractivity contribution is -0.145. The molecular weight excluding hydrogens is 641 g/mol. The van der Waals surface area contributed by atoms with Gasteiger partial charge >= 0.3 is 0 Å². The molecule has 0 radical (unpaired) electrons. The van der Waals surface area contributed by atoms with E-state index in [-0.39, 0.29) is 42.0 Å². The number of para-hydroxylation sites is 1. The van der Waals surface area contributed by atoms with Gasteiger partial charge in [-0.05, 0) is 68.0 Å². The molecule has 6 aliphatic rings. The molecule has 2 aromatic rings. The number of likely N-dealkylation sites (N-methyl/N-ethyl adjacent to an activating group) is 1. The SMILES string of the molecule is CCC[C@@H](O)CC(=O)N1CC[C@@]23c4ccccc4N(S(=O)(=O)CC[Si](C)(C)C)[C@@H]4N(C)c5cccc6c5[C@@]42CCN([C@@H]13)[C@@H]6[C@H]1OC1(C)C. The fraction of sp³-hybridized carbons (Fsp3) is 0.649. The number of amides is 1. The van der Waals surface area contributed by atoms with Crippen LogP contribution in [0.1, 0.15) is 75.6 Å². The number of nitrogens with zero attached hydrogens (tertiary/aromatic N) is 4. The van der Waals surface area contributed by atoms with E-state index in [0.29, 0.717) is 19.0 Å². The molecule has 1 unspecified atom stereocenters. The number of hydrogen-bond acceptors (Lipinski definition) is 7. The number of carbonyl (C=O) groups is 1. The topological polar surface area (TPSA) is 96.9 Å². The second-order valence-corrected chi connectivity index (χ2v) is 24.6. The highest BCUT2D eigenvalue weighted by Crippen LogP contribution is 2.73. The van der Waals surface area contributed by atoms with Crippen LogP contribution in [-0.4, -0.2) is 93.3 Å². The zero-order valence-electron chi connectivity index (χ0n) is 29.6. The number of epoxide rings is 1. The van der Waals surface area contributed by atoms with Gasteiger partial charge in [-0.15, -0.1) is 0 Å². The minimum Gasteiger partial charge on any atom is -0.393 e. The number of ether oxygens (including phenoxy) is 1. The maximum absolute atomic E-state index is 14.9. The monoisotopic (exact) mass is 692 g/mol. The Morgan fingerprint density at radius 3 is 2.40 bits per heavy atom. The first-order valence-electron chi connectivity index (χ1n) is 18.0. The Morgan fingerprint density at radius 1 is 1.02 bits per heavy atom. The first-order valence-corrected chi connectivity index (χ1v) is 23.3. The van der Waals surface area contributed by atoms with Crippen LogP contribution in [0.3, 0.4) is 0 Å². The molecule has 2 bridgehead atoms. The molecule has 0 aliphatic carbocycles. The van der Waals surface area contributed by atoms with Gasteiger partial charge in [0.25, 0.3) is 0 Å². The van der Waals surface area contributed by atoms with E-state index in [2.05, 4.69) is 79.5 Å². The Kier molecular flexibility index (Phi) is 7.19. The van der Waals surface area contributed by atoms with E-state index >= 15 is 0 Å². The Hall–Kier alpha value is -2.44. The molecule has 3 fully saturated rings. The molecule has 6 aliphatic heterocycles. The molecule has 11 heteroatoms. The minimum atomic E-state index is -3.74. The average molecular weight is 693 g/mol. The van der Waals surface area contributed by atoms with E-state index in [0.717, 1.165) is 42.7 Å². The van der Waals surface area contributed by atoms with E-state index in [1.54, 1.807) is 0 Å². The summed E-state index contributed by atoms with van der Waals surface area (Å²) in [5.41, 5.74) is 3.86. The summed E-state index contributed by atoms with van der Waals surface area (Å²) in [5, 5.41) is 10.9. The van der Waals surface area contributed by atoms with Crippen molar-refractivity contribution in [2.75, 3.05) is 35.1 Å². The van der Waals surface area contributed by atoms with Gasteiger partial charge in [-0.1, -0.05) is 63.3 Å². The minimum absolute atomic E-state index is 0.0219. The highest BCUT2D eigenvalue weighted by molar-refractivity contribution is 7.92. The number of likely N-dealkylation sites (tertiary alicyclic amines) is 1. The fourth-order valence-corrected chi connectivity index (χ4v) is 15.5. The van der Waals surface area contributed by atoms with Crippen LogP contribution in [0.5, 0.6) is 0 Å². The van der Waals surface area contributed by atoms with Crippen molar-refractivity contribution in [1.82, 2.24) is 9.80 Å². The summed E-state index contributed by atoms with van der Waals surface area (Å²) in [5.74, 6) is 0.0990. The molecule has 0 aromatic heterocycles. The summed E-state index contributed by atoms with van der Waals surface area (Å²) in [6.07, 6.45) is 1.49. The summed E-state index contributed by atoms with van der Waals surface area (Å²) in [6, 6.07) is 15.3. The van der Waals surface area contributed by atoms with Crippen molar-refractivity contribution in [1.29, 1.82) is 0 Å². The maximum atomic E-state index is 14.9. The van der Waals surface area contributed by atoms with Gasteiger partial charge in [0, 0.05) is 39.3 Å². The molecule has 1 N–H and O–H groups in total. The molecule has 2 spiro atoms. The van der Waals surface area contributed by atoms with Gasteiger partial charge in [0.2, 0.25) is 15.9 Å². The smallest absolute Gasteiger partial charge is 0.236 e. The van der Waals surface area contributed by atoms with Crippen LogP contribution in [0.4, 0.5) is 11.4 Å². The molecule has 9 nitrogen and oxygen atoms in total. The second-order valence-electron chi connectivity index (χ2n) is 17.0. The molecule has 8 rings (SSSR count). The van der Waals surface area contributed by atoms with Crippen molar-refractivity contribution < 1.29 is 23.1 Å². The zero-order chi connectivity index (χ0) is 34.2. The van der Waals surface area contributed by atoms with Gasteiger partial charge in [0.15, 0.2) is 0 Å². The van der Waals surface area contributed by atoms with Crippen LogP contribution in [0.15, 0.2) is 42.5 Å². The number of hydrogen-bond donors (Lipinski definition) is 1. The molecule has 1 amide bonds. The molecule has 260 valence electrons. The molecular formula is C37H52N4O5SSi. The average Bonchev–Trinajstić information content (AvgIpc) is 3.41. The number of fused-ring (bicyclic) bond motifs is 1. The quantitative estimate of drug-likeness (QED) is 0.286. The van der Waals surface area contributed by atoms with Gasteiger partial charge in [0.1, 0.15) is 12.3 Å². The van der Waals surface area contributed by atoms with E-state index in [1.807, 2.05) is 29.4 Å². The van der Waals surface area contributed by atoms with Crippen molar-refractivity contribution in [3.05, 3.63) is 59.2 Å². The normalized spacial score (nSPS) is 34.4. The third kappa shape index (κ3) is 4.23. The van der Waals surface area contributed by atoms with E-state index < -0.39 is 41.2 Å². The third-order valence-corrected chi connectivity index (χ3v) is 16.5. The van der Waals surface area contributed by atoms with Crippen LogP contribution in [0.25, 0.3) is 0 Å². The molecule has 6 heterocycles. The molecule has 3 saturated heterocycles. The number of piperidine rings is 1. The van der Waals surface area contributed by atoms with E-state index in [1.165, 1.54) is 11.1 Å². The van der Waals surface area contributed by atoms with E-state index in [4.69, 9.17) is 4.74 Å². The third-order valence-electron chi connectivity index (χ3n) is 12.7. The first kappa shape index (κ1) is 32.7. The number of rotatable bonds is 9. The van der Waals surface area contributed by atoms with Crippen LogP contribution in [0.2, 0.25) is 25.7 Å². The summed E-state index contributed by atoms with van der Waals surface area (Å²) in [6.45, 7) is 14.3. The molecule has 48 heavy (non-hydrogen) atoms. The van der Waals surface area contributed by atoms with Crippen molar-refractivity contribution >= 4 is 35.4 Å². The van der Waals surface area contributed by atoms with Gasteiger partial charge in [-0.25, -0.2) is 12.7 Å². The van der Waals surface area contributed by atoms with Crippen molar-refractivity contribution in [3.63, 3.8) is 0 Å². The number of aliphatic hydroxyl groups is 1. The summed E-state index contributed by atoms with van der Waals surface area (Å²) in [7, 11) is -3.33. The summed E-state index contributed by atoms with van der Waals surface area (Å²) < 4.78 is 38.1. The molecule has 0 saturated carbocycles. The lowest BCUT2D eigenvalue weighted by Gasteiger charge is -2.64. The Balaban J connectivity index is 1.41. The maximum Gasteiger partial charge on any atom is 0.236 e. The van der Waals surface area contributed by atoms with Gasteiger partial charge in [-0.2, -0.15) is 0 Å². The van der Waals surface area contributed by atoms with Gasteiger partial charge < -0.3 is 19.6 Å². The number of carbonyl (C=O) groups excluding carboxylic acids is 1. The van der Waals surface area contributed by atoms with Crippen LogP contribution < -0.4 is 9.21 Å². The molecule has 2 aromatic carbocycles. The largest absolute Gasteiger partial charge is 0.393 e. The Bertz CT molecular complexity index is 1780. The van der Waals surface area contributed by atoms with Crippen molar-refractivity contribution in [2.45, 2.75) is 126 Å². The number of benzene rings is 2. The highest BCUT2D eigenvalue weighted by atomic mass is 32.2.